The maximum absolute atomic E-state index is 12.6. The number of fused-ring (bicyclic) bond motifs is 2. The lowest BCUT2D eigenvalue weighted by Crippen LogP contribution is -2.58. The molecule has 1 saturated heterocycles. The number of nitro groups is 1. The molecule has 3 rings (SSSR count). The van der Waals surface area contributed by atoms with Gasteiger partial charge in [-0.05, 0) is 36.8 Å². The molecule has 1 amide bonds. The van der Waals surface area contributed by atoms with Crippen LogP contribution < -0.4 is 11.1 Å². The number of nitro benzene ring substituents is 1. The molecule has 2 atom stereocenters. The Kier molecular flexibility index (Phi) is 4.74. The molecule has 3 N–H and O–H groups in total. The molecule has 1 aliphatic carbocycles. The number of rotatable bonds is 3. The van der Waals surface area contributed by atoms with Gasteiger partial charge in [0.2, 0.25) is 0 Å². The van der Waals surface area contributed by atoms with Gasteiger partial charge in [-0.1, -0.05) is 11.6 Å². The van der Waals surface area contributed by atoms with E-state index in [1.165, 1.54) is 18.2 Å². The number of nitrogens with one attached hydrogen (secondary N) is 1. The SMILES string of the molecule is NC1CC2CS(=O)(=O)CC(C1)C2NC(=O)c1cc(Cl)ccc1[N+](=O)[O-]. The molecule has 1 heterocycles. The van der Waals surface area contributed by atoms with Gasteiger partial charge < -0.3 is 11.1 Å². The van der Waals surface area contributed by atoms with Crippen molar-refractivity contribution in [1.29, 1.82) is 0 Å². The Morgan fingerprint density at radius 1 is 1.28 bits per heavy atom. The molecule has 1 aromatic rings. The quantitative estimate of drug-likeness (QED) is 0.590. The van der Waals surface area contributed by atoms with Gasteiger partial charge in [0.25, 0.3) is 11.6 Å². The number of benzene rings is 1. The molecule has 2 bridgehead atoms. The summed E-state index contributed by atoms with van der Waals surface area (Å²) in [5, 5.41) is 14.1. The van der Waals surface area contributed by atoms with Crippen molar-refractivity contribution in [2.75, 3.05) is 11.5 Å². The molecule has 1 saturated carbocycles. The standard InChI is InChI=1S/C15H18ClN3O5S/c16-10-1-2-13(19(21)22)12(5-10)15(20)18-14-8-3-11(17)4-9(14)7-25(23,24)6-8/h1-2,5,8-9,11,14H,3-4,6-7,17H2,(H,18,20). The van der Waals surface area contributed by atoms with Crippen LogP contribution in [0.1, 0.15) is 23.2 Å². The van der Waals surface area contributed by atoms with E-state index in [1.54, 1.807) is 0 Å². The van der Waals surface area contributed by atoms with Gasteiger partial charge in [-0.3, -0.25) is 14.9 Å². The molecule has 0 radical (unpaired) electrons. The Morgan fingerprint density at radius 3 is 2.44 bits per heavy atom. The molecule has 10 heteroatoms. The van der Waals surface area contributed by atoms with Gasteiger partial charge in [-0.2, -0.15) is 0 Å². The van der Waals surface area contributed by atoms with Crippen LogP contribution in [0.5, 0.6) is 0 Å². The number of halogens is 1. The summed E-state index contributed by atoms with van der Waals surface area (Å²) >= 11 is 5.86. The second-order valence-electron chi connectivity index (χ2n) is 6.75. The topological polar surface area (TPSA) is 132 Å². The van der Waals surface area contributed by atoms with Gasteiger partial charge in [0.05, 0.1) is 16.4 Å². The average molecular weight is 388 g/mol. The number of amides is 1. The molecule has 0 aromatic heterocycles. The zero-order valence-electron chi connectivity index (χ0n) is 13.2. The van der Waals surface area contributed by atoms with Crippen LogP contribution in [-0.4, -0.2) is 42.8 Å². The minimum atomic E-state index is -3.16. The van der Waals surface area contributed by atoms with Crippen LogP contribution in [0.15, 0.2) is 18.2 Å². The van der Waals surface area contributed by atoms with Crippen molar-refractivity contribution in [1.82, 2.24) is 5.32 Å². The summed E-state index contributed by atoms with van der Waals surface area (Å²) in [6.07, 6.45) is 0.997. The third kappa shape index (κ3) is 3.78. The number of hydrogen-bond acceptors (Lipinski definition) is 6. The van der Waals surface area contributed by atoms with E-state index in [0.717, 1.165) is 0 Å². The lowest BCUT2D eigenvalue weighted by Gasteiger charge is -2.44. The molecule has 8 nitrogen and oxygen atoms in total. The second-order valence-corrected chi connectivity index (χ2v) is 9.34. The van der Waals surface area contributed by atoms with E-state index in [9.17, 15) is 23.3 Å². The summed E-state index contributed by atoms with van der Waals surface area (Å²) in [5.41, 5.74) is 5.52. The molecule has 1 aliphatic heterocycles. The molecule has 136 valence electrons. The van der Waals surface area contributed by atoms with Crippen molar-refractivity contribution in [3.8, 4) is 0 Å². The smallest absolute Gasteiger partial charge is 0.282 e. The third-order valence-electron chi connectivity index (χ3n) is 4.86. The first-order valence-corrected chi connectivity index (χ1v) is 10.1. The Morgan fingerprint density at radius 2 is 1.88 bits per heavy atom. The summed E-state index contributed by atoms with van der Waals surface area (Å²) in [6, 6.07) is 3.31. The van der Waals surface area contributed by atoms with Crippen LogP contribution in [0.3, 0.4) is 0 Å². The van der Waals surface area contributed by atoms with Gasteiger partial charge in [-0.25, -0.2) is 8.42 Å². The van der Waals surface area contributed by atoms with Crippen molar-refractivity contribution in [2.45, 2.75) is 24.9 Å². The predicted molar refractivity (Wildman–Crippen MR) is 92.2 cm³/mol. The Bertz CT molecular complexity index is 806. The highest BCUT2D eigenvalue weighted by Gasteiger charge is 2.45. The van der Waals surface area contributed by atoms with E-state index < -0.39 is 20.7 Å². The minimum absolute atomic E-state index is 0.0280. The van der Waals surface area contributed by atoms with Crippen molar-refractivity contribution in [3.63, 3.8) is 0 Å². The number of nitrogens with zero attached hydrogens (tertiary/aromatic N) is 1. The van der Waals surface area contributed by atoms with Crippen molar-refractivity contribution in [2.24, 2.45) is 17.6 Å². The average Bonchev–Trinajstić information content (AvgIpc) is 2.47. The highest BCUT2D eigenvalue weighted by atomic mass is 35.5. The fourth-order valence-corrected chi connectivity index (χ4v) is 6.23. The van der Waals surface area contributed by atoms with Gasteiger partial charge in [-0.15, -0.1) is 0 Å². The molecule has 2 unspecified atom stereocenters. The van der Waals surface area contributed by atoms with Gasteiger partial charge in [0, 0.05) is 23.2 Å². The van der Waals surface area contributed by atoms with Crippen LogP contribution in [-0.2, 0) is 9.84 Å². The van der Waals surface area contributed by atoms with Crippen LogP contribution in [0.25, 0.3) is 0 Å². The molecule has 1 aromatic carbocycles. The zero-order chi connectivity index (χ0) is 18.4. The molecule has 0 spiro atoms. The summed E-state index contributed by atoms with van der Waals surface area (Å²) < 4.78 is 24.0. The lowest BCUT2D eigenvalue weighted by atomic mass is 9.75. The maximum atomic E-state index is 12.6. The predicted octanol–water partition coefficient (Wildman–Crippen LogP) is 1.13. The van der Waals surface area contributed by atoms with E-state index in [-0.39, 0.29) is 51.7 Å². The molecule has 2 fully saturated rings. The van der Waals surface area contributed by atoms with Crippen LogP contribution in [0.2, 0.25) is 5.02 Å². The Hall–Kier alpha value is -1.71. The van der Waals surface area contributed by atoms with Crippen molar-refractivity contribution >= 4 is 33.0 Å². The molecule has 25 heavy (non-hydrogen) atoms. The van der Waals surface area contributed by atoms with E-state index in [0.29, 0.717) is 12.8 Å². The number of hydrogen-bond donors (Lipinski definition) is 2. The maximum Gasteiger partial charge on any atom is 0.282 e. The highest BCUT2D eigenvalue weighted by Crippen LogP contribution is 2.36. The van der Waals surface area contributed by atoms with E-state index in [4.69, 9.17) is 17.3 Å². The fourth-order valence-electron chi connectivity index (χ4n) is 3.93. The monoisotopic (exact) mass is 387 g/mol. The Balaban J connectivity index is 1.86. The fraction of sp³-hybridized carbons (Fsp3) is 0.533. The summed E-state index contributed by atoms with van der Waals surface area (Å²) in [4.78, 5) is 23.1. The summed E-state index contributed by atoms with van der Waals surface area (Å²) in [6.45, 7) is 0. The number of nitrogens with two attached hydrogens (primary N) is 1. The Labute approximate surface area is 149 Å². The highest BCUT2D eigenvalue weighted by molar-refractivity contribution is 7.91. The lowest BCUT2D eigenvalue weighted by molar-refractivity contribution is -0.385. The normalized spacial score (nSPS) is 30.5. The first-order chi connectivity index (χ1) is 11.7. The van der Waals surface area contributed by atoms with E-state index >= 15 is 0 Å². The van der Waals surface area contributed by atoms with Crippen LogP contribution in [0, 0.1) is 22.0 Å². The second kappa shape index (κ2) is 6.54. The van der Waals surface area contributed by atoms with Crippen molar-refractivity contribution < 1.29 is 18.1 Å². The third-order valence-corrected chi connectivity index (χ3v) is 6.97. The van der Waals surface area contributed by atoms with Gasteiger partial charge >= 0.3 is 0 Å². The molecular weight excluding hydrogens is 370 g/mol. The van der Waals surface area contributed by atoms with E-state index in [1.807, 2.05) is 0 Å². The molecule has 2 aliphatic rings. The minimum Gasteiger partial charge on any atom is -0.348 e. The molecular formula is C15H18ClN3O5S. The largest absolute Gasteiger partial charge is 0.348 e. The first kappa shape index (κ1) is 18.1. The number of carbonyl (C=O) groups excluding carboxylic acids is 1. The first-order valence-electron chi connectivity index (χ1n) is 7.87. The summed E-state index contributed by atoms with van der Waals surface area (Å²) in [5.74, 6) is -1.24. The van der Waals surface area contributed by atoms with Crippen LogP contribution in [0.4, 0.5) is 5.69 Å². The van der Waals surface area contributed by atoms with Gasteiger partial charge in [0.15, 0.2) is 9.84 Å². The van der Waals surface area contributed by atoms with Gasteiger partial charge in [0.1, 0.15) is 5.56 Å². The summed E-state index contributed by atoms with van der Waals surface area (Å²) in [7, 11) is -3.16. The number of carbonyl (C=O) groups is 1. The van der Waals surface area contributed by atoms with Crippen LogP contribution >= 0.6 is 11.6 Å². The van der Waals surface area contributed by atoms with E-state index in [2.05, 4.69) is 5.32 Å². The van der Waals surface area contributed by atoms with Crippen molar-refractivity contribution in [3.05, 3.63) is 38.9 Å². The zero-order valence-corrected chi connectivity index (χ0v) is 14.8. The number of sulfone groups is 1.